The number of nitrogens with zero attached hydrogens (tertiary/aromatic N) is 3. The van der Waals surface area contributed by atoms with Crippen molar-refractivity contribution >= 4 is 28.4 Å². The summed E-state index contributed by atoms with van der Waals surface area (Å²) in [6.45, 7) is 2.34. The summed E-state index contributed by atoms with van der Waals surface area (Å²) < 4.78 is 0. The first-order valence-corrected chi connectivity index (χ1v) is 9.01. The molecule has 2 heterocycles. The van der Waals surface area contributed by atoms with Gasteiger partial charge in [0.15, 0.2) is 5.69 Å². The SMILES string of the molecule is O=C(CNc1ccccc1)N1CCN(C(=O)c2n[nH]c3ccccc23)CC1. The van der Waals surface area contributed by atoms with Crippen LogP contribution in [0.2, 0.25) is 0 Å². The van der Waals surface area contributed by atoms with Gasteiger partial charge in [-0.15, -0.1) is 0 Å². The van der Waals surface area contributed by atoms with Crippen LogP contribution in [0, 0.1) is 0 Å². The molecule has 1 aliphatic heterocycles. The van der Waals surface area contributed by atoms with Gasteiger partial charge in [-0.3, -0.25) is 14.7 Å². The molecule has 2 aromatic carbocycles. The topological polar surface area (TPSA) is 81.3 Å². The Labute approximate surface area is 157 Å². The minimum atomic E-state index is -0.0954. The Morgan fingerprint density at radius 2 is 1.59 bits per heavy atom. The van der Waals surface area contributed by atoms with Gasteiger partial charge < -0.3 is 15.1 Å². The lowest BCUT2D eigenvalue weighted by Crippen LogP contribution is -2.51. The Hall–Kier alpha value is -3.35. The number of nitrogens with one attached hydrogen (secondary N) is 2. The predicted octanol–water partition coefficient (Wildman–Crippen LogP) is 1.96. The van der Waals surface area contributed by atoms with E-state index in [9.17, 15) is 9.59 Å². The molecular formula is C20H21N5O2. The molecule has 1 aromatic heterocycles. The second kappa shape index (κ2) is 7.49. The molecule has 1 fully saturated rings. The number of aromatic amines is 1. The van der Waals surface area contributed by atoms with Crippen molar-refractivity contribution in [1.82, 2.24) is 20.0 Å². The third-order valence-electron chi connectivity index (χ3n) is 4.81. The Morgan fingerprint density at radius 1 is 0.926 bits per heavy atom. The quantitative estimate of drug-likeness (QED) is 0.742. The van der Waals surface area contributed by atoms with E-state index >= 15 is 0 Å². The summed E-state index contributed by atoms with van der Waals surface area (Å²) in [4.78, 5) is 28.7. The fraction of sp³-hybridized carbons (Fsp3) is 0.250. The number of amides is 2. The van der Waals surface area contributed by atoms with Crippen molar-refractivity contribution < 1.29 is 9.59 Å². The fourth-order valence-electron chi connectivity index (χ4n) is 3.28. The summed E-state index contributed by atoms with van der Waals surface area (Å²) in [5, 5.41) is 11.0. The minimum absolute atomic E-state index is 0.0381. The van der Waals surface area contributed by atoms with Crippen LogP contribution in [0.4, 0.5) is 5.69 Å². The van der Waals surface area contributed by atoms with Crippen LogP contribution in [-0.2, 0) is 4.79 Å². The molecule has 1 aliphatic rings. The summed E-state index contributed by atoms with van der Waals surface area (Å²) in [6, 6.07) is 17.2. The van der Waals surface area contributed by atoms with Gasteiger partial charge in [0.2, 0.25) is 5.91 Å². The summed E-state index contributed by atoms with van der Waals surface area (Å²) in [5.74, 6) is -0.0573. The minimum Gasteiger partial charge on any atom is -0.376 e. The van der Waals surface area contributed by atoms with E-state index in [-0.39, 0.29) is 18.4 Å². The molecule has 2 amide bonds. The zero-order chi connectivity index (χ0) is 18.6. The van der Waals surface area contributed by atoms with Crippen molar-refractivity contribution in [3.05, 3.63) is 60.3 Å². The third-order valence-corrected chi connectivity index (χ3v) is 4.81. The summed E-state index contributed by atoms with van der Waals surface area (Å²) >= 11 is 0. The van der Waals surface area contributed by atoms with Crippen LogP contribution in [0.3, 0.4) is 0 Å². The maximum atomic E-state index is 12.8. The van der Waals surface area contributed by atoms with Crippen LogP contribution in [0.1, 0.15) is 10.5 Å². The van der Waals surface area contributed by atoms with Gasteiger partial charge in [-0.05, 0) is 18.2 Å². The molecule has 1 saturated heterocycles. The number of fused-ring (bicyclic) bond motifs is 1. The van der Waals surface area contributed by atoms with Gasteiger partial charge in [-0.25, -0.2) is 0 Å². The van der Waals surface area contributed by atoms with Crippen molar-refractivity contribution in [3.8, 4) is 0 Å². The molecule has 4 rings (SSSR count). The molecule has 0 spiro atoms. The lowest BCUT2D eigenvalue weighted by Gasteiger charge is -2.34. The van der Waals surface area contributed by atoms with E-state index in [1.54, 1.807) is 9.80 Å². The monoisotopic (exact) mass is 363 g/mol. The molecule has 0 atom stereocenters. The molecular weight excluding hydrogens is 342 g/mol. The van der Waals surface area contributed by atoms with Gasteiger partial charge in [-0.1, -0.05) is 36.4 Å². The van der Waals surface area contributed by atoms with Crippen molar-refractivity contribution in [3.63, 3.8) is 0 Å². The Morgan fingerprint density at radius 3 is 2.37 bits per heavy atom. The summed E-state index contributed by atoms with van der Waals surface area (Å²) in [6.07, 6.45) is 0. The van der Waals surface area contributed by atoms with E-state index in [0.29, 0.717) is 31.9 Å². The van der Waals surface area contributed by atoms with Crippen LogP contribution in [0.15, 0.2) is 54.6 Å². The number of para-hydroxylation sites is 2. The number of carbonyl (C=O) groups excluding carboxylic acids is 2. The molecule has 138 valence electrons. The normalized spacial score (nSPS) is 14.4. The second-order valence-corrected chi connectivity index (χ2v) is 6.51. The number of benzene rings is 2. The van der Waals surface area contributed by atoms with Gasteiger partial charge in [0.1, 0.15) is 0 Å². The molecule has 2 N–H and O–H groups in total. The molecule has 0 aliphatic carbocycles. The molecule has 0 saturated carbocycles. The van der Waals surface area contributed by atoms with E-state index < -0.39 is 0 Å². The van der Waals surface area contributed by atoms with Gasteiger partial charge >= 0.3 is 0 Å². The number of hydrogen-bond acceptors (Lipinski definition) is 4. The van der Waals surface area contributed by atoms with Crippen LogP contribution < -0.4 is 5.32 Å². The number of aromatic nitrogens is 2. The van der Waals surface area contributed by atoms with E-state index in [4.69, 9.17) is 0 Å². The molecule has 7 nitrogen and oxygen atoms in total. The number of hydrogen-bond donors (Lipinski definition) is 2. The van der Waals surface area contributed by atoms with Crippen LogP contribution >= 0.6 is 0 Å². The zero-order valence-electron chi connectivity index (χ0n) is 14.9. The van der Waals surface area contributed by atoms with Gasteiger partial charge in [0.25, 0.3) is 5.91 Å². The number of piperazine rings is 1. The Balaban J connectivity index is 1.33. The average molecular weight is 363 g/mol. The Kier molecular flexibility index (Phi) is 4.74. The standard InChI is InChI=1S/C20H21N5O2/c26-18(14-21-15-6-2-1-3-7-15)24-10-12-25(13-11-24)20(27)19-16-8-4-5-9-17(16)22-23-19/h1-9,21H,10-14H2,(H,22,23). The third kappa shape index (κ3) is 3.62. The largest absolute Gasteiger partial charge is 0.376 e. The van der Waals surface area contributed by atoms with E-state index in [2.05, 4.69) is 15.5 Å². The van der Waals surface area contributed by atoms with Crippen LogP contribution in [0.25, 0.3) is 10.9 Å². The predicted molar refractivity (Wildman–Crippen MR) is 104 cm³/mol. The van der Waals surface area contributed by atoms with Gasteiger partial charge in [0.05, 0.1) is 12.1 Å². The smallest absolute Gasteiger partial charge is 0.275 e. The van der Waals surface area contributed by atoms with E-state index in [1.165, 1.54) is 0 Å². The molecule has 0 radical (unpaired) electrons. The average Bonchev–Trinajstić information content (AvgIpc) is 3.16. The fourth-order valence-corrected chi connectivity index (χ4v) is 3.28. The summed E-state index contributed by atoms with van der Waals surface area (Å²) in [5.41, 5.74) is 2.21. The highest BCUT2D eigenvalue weighted by Crippen LogP contribution is 2.17. The van der Waals surface area contributed by atoms with E-state index in [1.807, 2.05) is 54.6 Å². The number of carbonyl (C=O) groups is 2. The first-order valence-electron chi connectivity index (χ1n) is 9.01. The number of anilines is 1. The second-order valence-electron chi connectivity index (χ2n) is 6.51. The van der Waals surface area contributed by atoms with E-state index in [0.717, 1.165) is 16.6 Å². The summed E-state index contributed by atoms with van der Waals surface area (Å²) in [7, 11) is 0. The molecule has 7 heteroatoms. The van der Waals surface area contributed by atoms with Gasteiger partial charge in [0, 0.05) is 37.3 Å². The van der Waals surface area contributed by atoms with Crippen molar-refractivity contribution in [2.24, 2.45) is 0 Å². The highest BCUT2D eigenvalue weighted by molar-refractivity contribution is 6.04. The van der Waals surface area contributed by atoms with Crippen molar-refractivity contribution in [2.75, 3.05) is 38.0 Å². The molecule has 27 heavy (non-hydrogen) atoms. The van der Waals surface area contributed by atoms with Gasteiger partial charge in [-0.2, -0.15) is 5.10 Å². The zero-order valence-corrected chi connectivity index (χ0v) is 14.9. The molecule has 0 unspecified atom stereocenters. The highest BCUT2D eigenvalue weighted by atomic mass is 16.2. The lowest BCUT2D eigenvalue weighted by atomic mass is 10.2. The molecule has 0 bridgehead atoms. The highest BCUT2D eigenvalue weighted by Gasteiger charge is 2.26. The maximum Gasteiger partial charge on any atom is 0.275 e. The van der Waals surface area contributed by atoms with Crippen LogP contribution in [-0.4, -0.2) is 64.5 Å². The van der Waals surface area contributed by atoms with Crippen molar-refractivity contribution in [1.29, 1.82) is 0 Å². The number of H-pyrrole nitrogens is 1. The number of rotatable bonds is 4. The maximum absolute atomic E-state index is 12.8. The van der Waals surface area contributed by atoms with Crippen molar-refractivity contribution in [2.45, 2.75) is 0 Å². The first kappa shape index (κ1) is 17.1. The lowest BCUT2D eigenvalue weighted by molar-refractivity contribution is -0.130. The molecule has 3 aromatic rings. The Bertz CT molecular complexity index is 945. The van der Waals surface area contributed by atoms with Crippen LogP contribution in [0.5, 0.6) is 0 Å². The first-order chi connectivity index (χ1) is 13.2.